The number of rotatable bonds is 9. The van der Waals surface area contributed by atoms with Crippen LogP contribution in [0.2, 0.25) is 0 Å². The molecule has 2 atom stereocenters. The van der Waals surface area contributed by atoms with E-state index >= 15 is 0 Å². The van der Waals surface area contributed by atoms with Gasteiger partial charge in [0.15, 0.2) is 17.2 Å². The molecule has 0 bridgehead atoms. The minimum atomic E-state index is -0.914. The van der Waals surface area contributed by atoms with Crippen molar-refractivity contribution in [3.63, 3.8) is 0 Å². The number of nitrogens with zero attached hydrogens (tertiary/aromatic N) is 1. The summed E-state index contributed by atoms with van der Waals surface area (Å²) < 4.78 is 12.1. The number of aryl methyl sites for hydroxylation is 2. The van der Waals surface area contributed by atoms with Crippen molar-refractivity contribution in [1.29, 1.82) is 0 Å². The van der Waals surface area contributed by atoms with Crippen LogP contribution in [0.3, 0.4) is 0 Å². The molecular formula is C34H45NO5S. The molecule has 222 valence electrons. The highest BCUT2D eigenvalue weighted by atomic mass is 32.2. The lowest BCUT2D eigenvalue weighted by atomic mass is 9.84. The minimum Gasteiger partial charge on any atom is -0.480 e. The molecule has 41 heavy (non-hydrogen) atoms. The standard InChI is InChI=1S/C34H45NO5S/c1-21-8-12-28(13-9-21)39-33(38)35-19-27(30(20-35)31(37)26-10-14-29(41-7)15-11-26)18-25-16-22(2)32(23(3)17-25)40-34(5,6)24(4)36/h10-11,14-17,21,27-28,30H,8-9,12-13,18-20H2,1-7H3. The predicted octanol–water partition coefficient (Wildman–Crippen LogP) is 7.46. The Hall–Kier alpha value is -2.80. The number of thioether (sulfide) groups is 1. The van der Waals surface area contributed by atoms with Crippen LogP contribution in [-0.2, 0) is 16.0 Å². The van der Waals surface area contributed by atoms with Crippen molar-refractivity contribution < 1.29 is 23.9 Å². The Labute approximate surface area is 249 Å². The van der Waals surface area contributed by atoms with Crippen LogP contribution in [0.15, 0.2) is 41.3 Å². The summed E-state index contributed by atoms with van der Waals surface area (Å²) in [5.74, 6) is 1.07. The number of ketones is 2. The zero-order valence-electron chi connectivity index (χ0n) is 25.6. The van der Waals surface area contributed by atoms with Crippen LogP contribution in [0.25, 0.3) is 0 Å². The second-order valence-corrected chi connectivity index (χ2v) is 13.4. The molecule has 4 rings (SSSR count). The van der Waals surface area contributed by atoms with Crippen molar-refractivity contribution in [1.82, 2.24) is 4.90 Å². The van der Waals surface area contributed by atoms with Gasteiger partial charge in [0.25, 0.3) is 0 Å². The quantitative estimate of drug-likeness (QED) is 0.227. The Balaban J connectivity index is 1.55. The average molecular weight is 580 g/mol. The van der Waals surface area contributed by atoms with E-state index in [2.05, 4.69) is 19.1 Å². The van der Waals surface area contributed by atoms with Gasteiger partial charge in [-0.2, -0.15) is 0 Å². The molecule has 0 spiro atoms. The van der Waals surface area contributed by atoms with Gasteiger partial charge in [-0.25, -0.2) is 4.79 Å². The van der Waals surface area contributed by atoms with Crippen LogP contribution in [0, 0.1) is 31.6 Å². The molecule has 2 unspecified atom stereocenters. The van der Waals surface area contributed by atoms with Gasteiger partial charge in [0.1, 0.15) is 11.9 Å². The fourth-order valence-electron chi connectivity index (χ4n) is 6.01. The van der Waals surface area contributed by atoms with Crippen LogP contribution in [0.4, 0.5) is 4.79 Å². The third-order valence-electron chi connectivity index (χ3n) is 8.86. The molecule has 6 nitrogen and oxygen atoms in total. The van der Waals surface area contributed by atoms with Gasteiger partial charge in [0, 0.05) is 29.5 Å². The van der Waals surface area contributed by atoms with E-state index in [1.54, 1.807) is 30.5 Å². The van der Waals surface area contributed by atoms with Crippen molar-refractivity contribution in [2.45, 2.75) is 90.2 Å². The molecule has 0 radical (unpaired) electrons. The van der Waals surface area contributed by atoms with Crippen LogP contribution in [0.1, 0.15) is 80.4 Å². The van der Waals surface area contributed by atoms with E-state index < -0.39 is 5.60 Å². The summed E-state index contributed by atoms with van der Waals surface area (Å²) in [5, 5.41) is 0. The summed E-state index contributed by atoms with van der Waals surface area (Å²) in [6.45, 7) is 12.2. The molecule has 2 fully saturated rings. The second-order valence-electron chi connectivity index (χ2n) is 12.6. The first-order valence-corrected chi connectivity index (χ1v) is 16.0. The molecule has 7 heteroatoms. The van der Waals surface area contributed by atoms with Gasteiger partial charge in [-0.05, 0) is 114 Å². The monoisotopic (exact) mass is 579 g/mol. The lowest BCUT2D eigenvalue weighted by molar-refractivity contribution is -0.129. The number of ether oxygens (including phenoxy) is 2. The lowest BCUT2D eigenvalue weighted by Gasteiger charge is -2.28. The van der Waals surface area contributed by atoms with E-state index in [1.165, 1.54) is 6.92 Å². The first kappa shape index (κ1) is 31.1. The Morgan fingerprint density at radius 1 is 0.976 bits per heavy atom. The molecule has 2 aromatic rings. The van der Waals surface area contributed by atoms with Crippen molar-refractivity contribution in [3.05, 3.63) is 58.7 Å². The highest BCUT2D eigenvalue weighted by Gasteiger charge is 2.41. The van der Waals surface area contributed by atoms with Crippen LogP contribution in [-0.4, -0.2) is 53.6 Å². The van der Waals surface area contributed by atoms with E-state index in [1.807, 2.05) is 44.4 Å². The molecule has 0 N–H and O–H groups in total. The van der Waals surface area contributed by atoms with Crippen molar-refractivity contribution in [2.75, 3.05) is 19.3 Å². The smallest absolute Gasteiger partial charge is 0.410 e. The molecule has 1 aliphatic carbocycles. The Morgan fingerprint density at radius 2 is 1.59 bits per heavy atom. The number of carbonyl (C=O) groups is 3. The second kappa shape index (κ2) is 13.0. The maximum Gasteiger partial charge on any atom is 0.410 e. The van der Waals surface area contributed by atoms with Crippen molar-refractivity contribution in [3.8, 4) is 5.75 Å². The summed E-state index contributed by atoms with van der Waals surface area (Å²) in [4.78, 5) is 42.0. The van der Waals surface area contributed by atoms with E-state index in [0.29, 0.717) is 36.7 Å². The van der Waals surface area contributed by atoms with Crippen LogP contribution >= 0.6 is 11.8 Å². The van der Waals surface area contributed by atoms with Gasteiger partial charge in [-0.15, -0.1) is 11.8 Å². The highest BCUT2D eigenvalue weighted by molar-refractivity contribution is 7.98. The Bertz CT molecular complexity index is 1240. The molecule has 2 aliphatic rings. The number of Topliss-reactive ketones (excluding diaryl/α,β-unsaturated/α-hetero) is 2. The van der Waals surface area contributed by atoms with E-state index in [9.17, 15) is 14.4 Å². The summed E-state index contributed by atoms with van der Waals surface area (Å²) >= 11 is 1.64. The Kier molecular flexibility index (Phi) is 9.89. The third kappa shape index (κ3) is 7.54. The van der Waals surface area contributed by atoms with Crippen LogP contribution < -0.4 is 4.74 Å². The van der Waals surface area contributed by atoms with Gasteiger partial charge in [0.2, 0.25) is 0 Å². The fraction of sp³-hybridized carbons (Fsp3) is 0.559. The molecule has 0 aromatic heterocycles. The van der Waals surface area contributed by atoms with Gasteiger partial charge >= 0.3 is 6.09 Å². The predicted molar refractivity (Wildman–Crippen MR) is 164 cm³/mol. The number of hydrogen-bond donors (Lipinski definition) is 0. The molecule has 1 heterocycles. The number of carbonyl (C=O) groups excluding carboxylic acids is 3. The first-order chi connectivity index (χ1) is 19.4. The molecule has 1 amide bonds. The van der Waals surface area contributed by atoms with Crippen LogP contribution in [0.5, 0.6) is 5.75 Å². The first-order valence-electron chi connectivity index (χ1n) is 14.8. The summed E-state index contributed by atoms with van der Waals surface area (Å²) in [6.07, 6.45) is 6.30. The van der Waals surface area contributed by atoms with E-state index in [-0.39, 0.29) is 35.6 Å². The fourth-order valence-corrected chi connectivity index (χ4v) is 6.41. The van der Waals surface area contributed by atoms with E-state index in [4.69, 9.17) is 9.47 Å². The normalized spacial score (nSPS) is 22.9. The summed E-state index contributed by atoms with van der Waals surface area (Å²) in [5.41, 5.74) is 2.75. The molecular weight excluding hydrogens is 534 g/mol. The van der Waals surface area contributed by atoms with Gasteiger partial charge in [-0.1, -0.05) is 31.2 Å². The Morgan fingerprint density at radius 3 is 2.15 bits per heavy atom. The van der Waals surface area contributed by atoms with Gasteiger partial charge < -0.3 is 14.4 Å². The zero-order chi connectivity index (χ0) is 29.9. The minimum absolute atomic E-state index is 0.0343. The van der Waals surface area contributed by atoms with Crippen molar-refractivity contribution in [2.24, 2.45) is 17.8 Å². The molecule has 1 aliphatic heterocycles. The average Bonchev–Trinajstić information content (AvgIpc) is 3.35. The maximum atomic E-state index is 13.8. The van der Waals surface area contributed by atoms with Gasteiger partial charge in [0.05, 0.1) is 0 Å². The topological polar surface area (TPSA) is 72.9 Å². The third-order valence-corrected chi connectivity index (χ3v) is 9.61. The highest BCUT2D eigenvalue weighted by Crippen LogP contribution is 2.35. The zero-order valence-corrected chi connectivity index (χ0v) is 26.4. The van der Waals surface area contributed by atoms with E-state index in [0.717, 1.165) is 47.3 Å². The lowest BCUT2D eigenvalue weighted by Crippen LogP contribution is -2.36. The summed E-state index contributed by atoms with van der Waals surface area (Å²) in [7, 11) is 0. The maximum absolute atomic E-state index is 13.8. The van der Waals surface area contributed by atoms with Gasteiger partial charge in [-0.3, -0.25) is 9.59 Å². The number of amides is 1. The number of likely N-dealkylation sites (tertiary alicyclic amines) is 1. The summed E-state index contributed by atoms with van der Waals surface area (Å²) in [6, 6.07) is 11.9. The SMILES string of the molecule is CSc1ccc(C(=O)C2CN(C(=O)OC3CCC(C)CC3)CC2Cc2cc(C)c(OC(C)(C)C(C)=O)c(C)c2)cc1. The molecule has 2 aromatic carbocycles. The largest absolute Gasteiger partial charge is 0.480 e. The molecule has 1 saturated heterocycles. The number of benzene rings is 2. The van der Waals surface area contributed by atoms with Crippen molar-refractivity contribution >= 4 is 29.4 Å². The molecule has 1 saturated carbocycles. The number of hydrogen-bond acceptors (Lipinski definition) is 6.